The van der Waals surface area contributed by atoms with Gasteiger partial charge in [0.05, 0.1) is 5.75 Å². The number of carbonyl (C=O) groups excluding carboxylic acids is 3. The molecule has 0 radical (unpaired) electrons. The minimum Gasteiger partial charge on any atom is -0.323 e. The molecule has 5 nitrogen and oxygen atoms in total. The van der Waals surface area contributed by atoms with Gasteiger partial charge in [-0.1, -0.05) is 11.6 Å². The molecule has 100 valence electrons. The Kier molecular flexibility index (Phi) is 4.44. The molecule has 1 aromatic rings. The number of thioether (sulfide) groups is 1. The third-order valence-corrected chi connectivity index (χ3v) is 3.73. The van der Waals surface area contributed by atoms with E-state index in [2.05, 4.69) is 5.32 Å². The largest absolute Gasteiger partial charge is 0.323 e. The number of hydrogen-bond acceptors (Lipinski definition) is 4. The maximum absolute atomic E-state index is 11.9. The van der Waals surface area contributed by atoms with Crippen molar-refractivity contribution in [2.75, 3.05) is 18.8 Å². The summed E-state index contributed by atoms with van der Waals surface area (Å²) in [5.41, 5.74) is 0. The van der Waals surface area contributed by atoms with Crippen molar-refractivity contribution >= 4 is 41.1 Å². The smallest absolute Gasteiger partial charge is 0.246 e. The van der Waals surface area contributed by atoms with Gasteiger partial charge in [0.25, 0.3) is 0 Å². The first kappa shape index (κ1) is 13.9. The zero-order chi connectivity index (χ0) is 13.8. The Balaban J connectivity index is 1.88. The summed E-state index contributed by atoms with van der Waals surface area (Å²) in [4.78, 5) is 36.3. The third-order valence-electron chi connectivity index (χ3n) is 2.48. The molecule has 1 heterocycles. The lowest BCUT2D eigenvalue weighted by molar-refractivity contribution is -0.144. The Bertz CT molecular complexity index is 502. The number of halogens is 1. The van der Waals surface area contributed by atoms with Crippen LogP contribution in [0.5, 0.6) is 0 Å². The number of piperazine rings is 1. The van der Waals surface area contributed by atoms with Crippen LogP contribution in [-0.2, 0) is 14.4 Å². The molecule has 0 unspecified atom stereocenters. The fourth-order valence-electron chi connectivity index (χ4n) is 1.58. The van der Waals surface area contributed by atoms with Gasteiger partial charge in [0.15, 0.2) is 0 Å². The molecule has 1 saturated heterocycles. The first-order valence-electron chi connectivity index (χ1n) is 5.53. The van der Waals surface area contributed by atoms with Crippen LogP contribution in [0.15, 0.2) is 29.2 Å². The number of hydrogen-bond donors (Lipinski definition) is 1. The first-order valence-corrected chi connectivity index (χ1v) is 6.90. The highest BCUT2D eigenvalue weighted by Crippen LogP contribution is 2.20. The van der Waals surface area contributed by atoms with E-state index in [0.29, 0.717) is 5.02 Å². The third kappa shape index (κ3) is 3.97. The Morgan fingerprint density at radius 3 is 2.37 bits per heavy atom. The molecular formula is C12H11ClN2O3S. The van der Waals surface area contributed by atoms with Crippen molar-refractivity contribution in [3.8, 4) is 0 Å². The van der Waals surface area contributed by atoms with Crippen LogP contribution in [0.2, 0.25) is 5.02 Å². The van der Waals surface area contributed by atoms with E-state index in [-0.39, 0.29) is 24.7 Å². The van der Waals surface area contributed by atoms with Gasteiger partial charge in [0.2, 0.25) is 17.7 Å². The summed E-state index contributed by atoms with van der Waals surface area (Å²) >= 11 is 7.10. The fraction of sp³-hybridized carbons (Fsp3) is 0.250. The van der Waals surface area contributed by atoms with E-state index in [9.17, 15) is 14.4 Å². The van der Waals surface area contributed by atoms with Crippen molar-refractivity contribution in [2.24, 2.45) is 0 Å². The zero-order valence-electron chi connectivity index (χ0n) is 9.89. The predicted molar refractivity (Wildman–Crippen MR) is 71.9 cm³/mol. The van der Waals surface area contributed by atoms with Crippen molar-refractivity contribution in [1.29, 1.82) is 0 Å². The highest BCUT2D eigenvalue weighted by Gasteiger charge is 2.25. The lowest BCUT2D eigenvalue weighted by Crippen LogP contribution is -2.53. The van der Waals surface area contributed by atoms with Gasteiger partial charge < -0.3 is 4.90 Å². The first-order chi connectivity index (χ1) is 9.04. The topological polar surface area (TPSA) is 66.5 Å². The van der Waals surface area contributed by atoms with Crippen LogP contribution in [0.3, 0.4) is 0 Å². The standard InChI is InChI=1S/C12H11ClN2O3S/c13-8-1-3-9(4-2-8)19-7-12(18)15-5-10(16)14-11(17)6-15/h1-4H,5-7H2,(H,14,16,17). The minimum atomic E-state index is -0.443. The molecule has 3 amide bonds. The van der Waals surface area contributed by atoms with Gasteiger partial charge in [-0.05, 0) is 24.3 Å². The molecule has 0 aliphatic carbocycles. The quantitative estimate of drug-likeness (QED) is 0.665. The van der Waals surface area contributed by atoms with Crippen molar-refractivity contribution < 1.29 is 14.4 Å². The van der Waals surface area contributed by atoms with E-state index < -0.39 is 11.8 Å². The van der Waals surface area contributed by atoms with Crippen LogP contribution in [0.25, 0.3) is 0 Å². The van der Waals surface area contributed by atoms with Crippen LogP contribution in [0, 0.1) is 0 Å². The van der Waals surface area contributed by atoms with E-state index >= 15 is 0 Å². The maximum Gasteiger partial charge on any atom is 0.246 e. The normalized spacial score (nSPS) is 15.3. The molecule has 1 fully saturated rings. The van der Waals surface area contributed by atoms with Crippen LogP contribution in [0.4, 0.5) is 0 Å². The van der Waals surface area contributed by atoms with E-state index in [1.165, 1.54) is 16.7 Å². The van der Waals surface area contributed by atoms with Crippen molar-refractivity contribution in [3.05, 3.63) is 29.3 Å². The SMILES string of the molecule is O=C1CN(C(=O)CSc2ccc(Cl)cc2)CC(=O)N1. The molecule has 19 heavy (non-hydrogen) atoms. The molecule has 7 heteroatoms. The average molecular weight is 299 g/mol. The Morgan fingerprint density at radius 2 is 1.79 bits per heavy atom. The van der Waals surface area contributed by atoms with E-state index in [1.807, 2.05) is 12.1 Å². The summed E-state index contributed by atoms with van der Waals surface area (Å²) in [6, 6.07) is 7.11. The Labute approximate surface area is 119 Å². The highest BCUT2D eigenvalue weighted by molar-refractivity contribution is 8.00. The van der Waals surface area contributed by atoms with Crippen LogP contribution < -0.4 is 5.32 Å². The molecule has 1 aliphatic rings. The lowest BCUT2D eigenvalue weighted by Gasteiger charge is -2.25. The van der Waals surface area contributed by atoms with Crippen LogP contribution >= 0.6 is 23.4 Å². The molecule has 0 aromatic heterocycles. The summed E-state index contributed by atoms with van der Waals surface area (Å²) in [5.74, 6) is -0.937. The van der Waals surface area contributed by atoms with Crippen molar-refractivity contribution in [2.45, 2.75) is 4.90 Å². The van der Waals surface area contributed by atoms with Crippen molar-refractivity contribution in [1.82, 2.24) is 10.2 Å². The summed E-state index contributed by atoms with van der Waals surface area (Å²) in [6.45, 7) is -0.127. The van der Waals surface area contributed by atoms with Gasteiger partial charge in [0.1, 0.15) is 13.1 Å². The lowest BCUT2D eigenvalue weighted by atomic mass is 10.3. The molecule has 1 aliphatic heterocycles. The Hall–Kier alpha value is -1.53. The fourth-order valence-corrected chi connectivity index (χ4v) is 2.51. The second kappa shape index (κ2) is 6.08. The minimum absolute atomic E-state index is 0.0637. The number of nitrogens with one attached hydrogen (secondary N) is 1. The second-order valence-corrected chi connectivity index (χ2v) is 5.45. The monoisotopic (exact) mass is 298 g/mol. The number of imide groups is 1. The second-order valence-electron chi connectivity index (χ2n) is 3.96. The molecule has 0 saturated carbocycles. The van der Waals surface area contributed by atoms with Gasteiger partial charge in [-0.25, -0.2) is 0 Å². The van der Waals surface area contributed by atoms with Gasteiger partial charge in [-0.3, -0.25) is 19.7 Å². The number of nitrogens with zero attached hydrogens (tertiary/aromatic N) is 1. The van der Waals surface area contributed by atoms with Crippen LogP contribution in [0.1, 0.15) is 0 Å². The molecule has 1 N–H and O–H groups in total. The molecular weight excluding hydrogens is 288 g/mol. The van der Waals surface area contributed by atoms with E-state index in [4.69, 9.17) is 11.6 Å². The van der Waals surface area contributed by atoms with Gasteiger partial charge in [0, 0.05) is 9.92 Å². The predicted octanol–water partition coefficient (Wildman–Crippen LogP) is 0.917. The number of amides is 3. The van der Waals surface area contributed by atoms with Crippen molar-refractivity contribution in [3.63, 3.8) is 0 Å². The average Bonchev–Trinajstić information content (AvgIpc) is 2.36. The number of carbonyl (C=O) groups is 3. The zero-order valence-corrected chi connectivity index (χ0v) is 11.5. The maximum atomic E-state index is 11.9. The molecule has 2 rings (SSSR count). The summed E-state index contributed by atoms with van der Waals surface area (Å²) < 4.78 is 0. The number of benzene rings is 1. The summed E-state index contributed by atoms with van der Waals surface area (Å²) in [5, 5.41) is 2.78. The molecule has 0 bridgehead atoms. The number of rotatable bonds is 3. The van der Waals surface area contributed by atoms with E-state index in [0.717, 1.165) is 4.90 Å². The molecule has 0 spiro atoms. The van der Waals surface area contributed by atoms with Gasteiger partial charge in [-0.2, -0.15) is 0 Å². The Morgan fingerprint density at radius 1 is 1.21 bits per heavy atom. The summed E-state index contributed by atoms with van der Waals surface area (Å²) in [6.07, 6.45) is 0. The summed E-state index contributed by atoms with van der Waals surface area (Å²) in [7, 11) is 0. The van der Waals surface area contributed by atoms with Crippen LogP contribution in [-0.4, -0.2) is 41.5 Å². The van der Waals surface area contributed by atoms with Gasteiger partial charge >= 0.3 is 0 Å². The molecule has 0 atom stereocenters. The van der Waals surface area contributed by atoms with E-state index in [1.54, 1.807) is 12.1 Å². The van der Waals surface area contributed by atoms with Gasteiger partial charge in [-0.15, -0.1) is 11.8 Å². The molecule has 1 aromatic carbocycles. The highest BCUT2D eigenvalue weighted by atomic mass is 35.5.